The third-order valence-corrected chi connectivity index (χ3v) is 3.53. The van der Waals surface area contributed by atoms with E-state index in [1.807, 2.05) is 18.5 Å². The Balaban J connectivity index is 1.79. The topological polar surface area (TPSA) is 37.4 Å². The first-order valence-corrected chi connectivity index (χ1v) is 6.66. The number of ether oxygens (including phenoxy) is 1. The van der Waals surface area contributed by atoms with E-state index in [1.165, 1.54) is 5.56 Å². The van der Waals surface area contributed by atoms with Crippen molar-refractivity contribution in [1.29, 1.82) is 0 Å². The number of nitrogens with one attached hydrogen (secondary N) is 1. The molecule has 0 spiro atoms. The van der Waals surface area contributed by atoms with Gasteiger partial charge in [-0.15, -0.1) is 0 Å². The second-order valence-corrected chi connectivity index (χ2v) is 5.09. The largest absolute Gasteiger partial charge is 0.379 e. The highest BCUT2D eigenvalue weighted by Gasteiger charge is 2.18. The molecule has 2 atom stereocenters. The Morgan fingerprint density at radius 1 is 1.61 bits per heavy atom. The Kier molecular flexibility index (Phi) is 5.11. The van der Waals surface area contributed by atoms with Crippen LogP contribution in [-0.2, 0) is 11.3 Å². The molecule has 0 aromatic carbocycles. The van der Waals surface area contributed by atoms with Crippen LogP contribution in [0.3, 0.4) is 0 Å². The average Bonchev–Trinajstić information content (AvgIpc) is 2.41. The number of hydrogen-bond acceptors (Lipinski definition) is 4. The van der Waals surface area contributed by atoms with Gasteiger partial charge in [-0.25, -0.2) is 0 Å². The molecule has 0 radical (unpaired) electrons. The van der Waals surface area contributed by atoms with Crippen molar-refractivity contribution in [3.63, 3.8) is 0 Å². The molecule has 1 aromatic rings. The first-order chi connectivity index (χ1) is 8.75. The van der Waals surface area contributed by atoms with Crippen molar-refractivity contribution in [2.75, 3.05) is 26.8 Å². The van der Waals surface area contributed by atoms with Gasteiger partial charge in [0.1, 0.15) is 0 Å². The van der Waals surface area contributed by atoms with Gasteiger partial charge in [-0.1, -0.05) is 6.07 Å². The number of aromatic nitrogens is 1. The molecule has 4 nitrogen and oxygen atoms in total. The van der Waals surface area contributed by atoms with Crippen LogP contribution in [-0.4, -0.2) is 48.8 Å². The van der Waals surface area contributed by atoms with Crippen molar-refractivity contribution in [3.8, 4) is 0 Å². The highest BCUT2D eigenvalue weighted by Crippen LogP contribution is 2.11. The fourth-order valence-electron chi connectivity index (χ4n) is 2.30. The molecule has 0 aliphatic carbocycles. The Labute approximate surface area is 109 Å². The summed E-state index contributed by atoms with van der Waals surface area (Å²) in [5.74, 6) is 0. The van der Waals surface area contributed by atoms with Gasteiger partial charge in [-0.2, -0.15) is 0 Å². The standard InChI is InChI=1S/C14H23N3O/c1-12(8-14-11-18-7-6-16-14)17(2)10-13-4-3-5-15-9-13/h3-5,9,12,14,16H,6-8,10-11H2,1-2H3. The van der Waals surface area contributed by atoms with E-state index in [2.05, 4.69) is 35.2 Å². The van der Waals surface area contributed by atoms with E-state index in [0.29, 0.717) is 12.1 Å². The maximum absolute atomic E-state index is 5.49. The molecule has 100 valence electrons. The minimum atomic E-state index is 0.491. The summed E-state index contributed by atoms with van der Waals surface area (Å²) in [4.78, 5) is 6.52. The molecule has 2 heterocycles. The molecule has 2 unspecified atom stereocenters. The zero-order valence-electron chi connectivity index (χ0n) is 11.3. The minimum Gasteiger partial charge on any atom is -0.379 e. The van der Waals surface area contributed by atoms with Gasteiger partial charge in [0.25, 0.3) is 0 Å². The quantitative estimate of drug-likeness (QED) is 0.853. The smallest absolute Gasteiger partial charge is 0.0620 e. The van der Waals surface area contributed by atoms with Crippen molar-refractivity contribution in [1.82, 2.24) is 15.2 Å². The monoisotopic (exact) mass is 249 g/mol. The molecular weight excluding hydrogens is 226 g/mol. The van der Waals surface area contributed by atoms with E-state index >= 15 is 0 Å². The van der Waals surface area contributed by atoms with Gasteiger partial charge in [-0.3, -0.25) is 9.88 Å². The summed E-state index contributed by atoms with van der Waals surface area (Å²) in [7, 11) is 2.17. The summed E-state index contributed by atoms with van der Waals surface area (Å²) in [5, 5.41) is 3.50. The molecule has 1 aliphatic heterocycles. The minimum absolute atomic E-state index is 0.491. The van der Waals surface area contributed by atoms with E-state index in [-0.39, 0.29) is 0 Å². The summed E-state index contributed by atoms with van der Waals surface area (Å²) in [6.45, 7) is 5.88. The molecule has 2 rings (SSSR count). The summed E-state index contributed by atoms with van der Waals surface area (Å²) < 4.78 is 5.49. The summed E-state index contributed by atoms with van der Waals surface area (Å²) in [5.41, 5.74) is 1.26. The van der Waals surface area contributed by atoms with Gasteiger partial charge >= 0.3 is 0 Å². The predicted molar refractivity (Wildman–Crippen MR) is 72.4 cm³/mol. The van der Waals surface area contributed by atoms with Crippen LogP contribution in [0.15, 0.2) is 24.5 Å². The van der Waals surface area contributed by atoms with Crippen molar-refractivity contribution in [2.24, 2.45) is 0 Å². The lowest BCUT2D eigenvalue weighted by Gasteiger charge is -2.31. The second kappa shape index (κ2) is 6.83. The Bertz CT molecular complexity index is 338. The molecule has 0 bridgehead atoms. The van der Waals surface area contributed by atoms with E-state index < -0.39 is 0 Å². The summed E-state index contributed by atoms with van der Waals surface area (Å²) >= 11 is 0. The van der Waals surface area contributed by atoms with Gasteiger partial charge < -0.3 is 10.1 Å². The molecule has 1 saturated heterocycles. The van der Waals surface area contributed by atoms with Crippen molar-refractivity contribution in [3.05, 3.63) is 30.1 Å². The summed E-state index contributed by atoms with van der Waals surface area (Å²) in [6, 6.07) is 5.14. The van der Waals surface area contributed by atoms with Gasteiger partial charge in [0, 0.05) is 37.6 Å². The number of rotatable bonds is 5. The third-order valence-electron chi connectivity index (χ3n) is 3.53. The van der Waals surface area contributed by atoms with Crippen LogP contribution in [0.5, 0.6) is 0 Å². The van der Waals surface area contributed by atoms with E-state index in [4.69, 9.17) is 4.74 Å². The van der Waals surface area contributed by atoms with Crippen molar-refractivity contribution in [2.45, 2.75) is 32.0 Å². The van der Waals surface area contributed by atoms with E-state index in [0.717, 1.165) is 32.7 Å². The zero-order valence-corrected chi connectivity index (χ0v) is 11.3. The fourth-order valence-corrected chi connectivity index (χ4v) is 2.30. The number of nitrogens with zero attached hydrogens (tertiary/aromatic N) is 2. The van der Waals surface area contributed by atoms with Crippen LogP contribution >= 0.6 is 0 Å². The fraction of sp³-hybridized carbons (Fsp3) is 0.643. The molecule has 1 aliphatic rings. The molecule has 0 saturated carbocycles. The molecule has 1 N–H and O–H groups in total. The lowest BCUT2D eigenvalue weighted by molar-refractivity contribution is 0.0638. The van der Waals surface area contributed by atoms with Crippen LogP contribution in [0.25, 0.3) is 0 Å². The number of hydrogen-bond donors (Lipinski definition) is 1. The van der Waals surface area contributed by atoms with E-state index in [1.54, 1.807) is 0 Å². The van der Waals surface area contributed by atoms with Gasteiger partial charge in [0.05, 0.1) is 13.2 Å². The number of pyridine rings is 1. The van der Waals surface area contributed by atoms with Gasteiger partial charge in [0.15, 0.2) is 0 Å². The molecule has 4 heteroatoms. The van der Waals surface area contributed by atoms with Crippen LogP contribution in [0, 0.1) is 0 Å². The highest BCUT2D eigenvalue weighted by atomic mass is 16.5. The third kappa shape index (κ3) is 4.05. The van der Waals surface area contributed by atoms with Crippen LogP contribution in [0.1, 0.15) is 18.9 Å². The Hall–Kier alpha value is -0.970. The number of morpholine rings is 1. The average molecular weight is 249 g/mol. The SMILES string of the molecule is CC(CC1COCCN1)N(C)Cc1cccnc1. The predicted octanol–water partition coefficient (Wildman–Crippen LogP) is 1.28. The first kappa shape index (κ1) is 13.5. The van der Waals surface area contributed by atoms with Gasteiger partial charge in [0.2, 0.25) is 0 Å². The normalized spacial score (nSPS) is 22.1. The molecular formula is C14H23N3O. The molecule has 1 aromatic heterocycles. The Morgan fingerprint density at radius 3 is 3.17 bits per heavy atom. The molecule has 0 amide bonds. The lowest BCUT2D eigenvalue weighted by Crippen LogP contribution is -2.45. The maximum atomic E-state index is 5.49. The summed E-state index contributed by atoms with van der Waals surface area (Å²) in [6.07, 6.45) is 4.87. The zero-order chi connectivity index (χ0) is 12.8. The molecule has 18 heavy (non-hydrogen) atoms. The first-order valence-electron chi connectivity index (χ1n) is 6.66. The second-order valence-electron chi connectivity index (χ2n) is 5.09. The van der Waals surface area contributed by atoms with E-state index in [9.17, 15) is 0 Å². The lowest BCUT2D eigenvalue weighted by atomic mass is 10.1. The molecule has 1 fully saturated rings. The Morgan fingerprint density at radius 2 is 2.50 bits per heavy atom. The van der Waals surface area contributed by atoms with Crippen molar-refractivity contribution >= 4 is 0 Å². The van der Waals surface area contributed by atoms with Crippen molar-refractivity contribution < 1.29 is 4.74 Å². The van der Waals surface area contributed by atoms with Gasteiger partial charge in [-0.05, 0) is 32.0 Å². The maximum Gasteiger partial charge on any atom is 0.0620 e. The van der Waals surface area contributed by atoms with Crippen LogP contribution in [0.4, 0.5) is 0 Å². The highest BCUT2D eigenvalue weighted by molar-refractivity contribution is 5.08. The van der Waals surface area contributed by atoms with Crippen LogP contribution in [0.2, 0.25) is 0 Å². The van der Waals surface area contributed by atoms with Crippen LogP contribution < -0.4 is 5.32 Å².